The first-order chi connectivity index (χ1) is 6.25. The van der Waals surface area contributed by atoms with Crippen LogP contribution in [0.15, 0.2) is 0 Å². The second-order valence-corrected chi connectivity index (χ2v) is 8.03. The van der Waals surface area contributed by atoms with Crippen molar-refractivity contribution in [1.82, 2.24) is 0 Å². The Morgan fingerprint density at radius 1 is 1.50 bits per heavy atom. The van der Waals surface area contributed by atoms with E-state index in [9.17, 15) is 4.79 Å². The maximum Gasteiger partial charge on any atom is 0.237 e. The lowest BCUT2D eigenvalue weighted by Gasteiger charge is -2.18. The number of hydrogen-bond donors (Lipinski definition) is 0. The van der Waals surface area contributed by atoms with Gasteiger partial charge in [0.2, 0.25) is 5.24 Å². The van der Waals surface area contributed by atoms with Crippen LogP contribution >= 0.6 is 47.3 Å². The van der Waals surface area contributed by atoms with Crippen molar-refractivity contribution in [3.63, 3.8) is 0 Å². The number of halogens is 1. The normalized spacial score (nSPS) is 11.9. The summed E-state index contributed by atoms with van der Waals surface area (Å²) in [6, 6.07) is 0. The molecule has 0 fully saturated rings. The highest BCUT2D eigenvalue weighted by molar-refractivity contribution is 8.47. The maximum absolute atomic E-state index is 11.0. The van der Waals surface area contributed by atoms with Crippen molar-refractivity contribution in [3.8, 4) is 0 Å². The van der Waals surface area contributed by atoms with Crippen LogP contribution in [0, 0.1) is 5.92 Å². The zero-order valence-electron chi connectivity index (χ0n) is 8.80. The molecule has 1 nitrogen and oxygen atoms in total. The topological polar surface area (TPSA) is 17.1 Å². The third kappa shape index (κ3) is 6.27. The summed E-state index contributed by atoms with van der Waals surface area (Å²) < 4.78 is 0.181. The first-order valence-corrected chi connectivity index (χ1v) is 6.90. The van der Waals surface area contributed by atoms with E-state index in [4.69, 9.17) is 23.8 Å². The van der Waals surface area contributed by atoms with E-state index in [1.165, 1.54) is 11.8 Å². The molecule has 0 heterocycles. The summed E-state index contributed by atoms with van der Waals surface area (Å²) in [4.78, 5) is 11.0. The van der Waals surface area contributed by atoms with Crippen molar-refractivity contribution in [1.29, 1.82) is 0 Å². The van der Waals surface area contributed by atoms with Gasteiger partial charge in [0.25, 0.3) is 0 Å². The molecular formula is C9H15ClOS3. The van der Waals surface area contributed by atoms with E-state index in [-0.39, 0.29) is 5.24 Å². The number of thioether (sulfide) groups is 2. The molecule has 0 aromatic heterocycles. The fourth-order valence-electron chi connectivity index (χ4n) is 0.513. The third-order valence-electron chi connectivity index (χ3n) is 1.35. The zero-order chi connectivity index (χ0) is 11.4. The summed E-state index contributed by atoms with van der Waals surface area (Å²) in [5.41, 5.74) is 0. The first-order valence-electron chi connectivity index (χ1n) is 4.31. The number of hydrogen-bond acceptors (Lipinski definition) is 4. The average molecular weight is 271 g/mol. The van der Waals surface area contributed by atoms with E-state index in [1.807, 2.05) is 0 Å². The summed E-state index contributed by atoms with van der Waals surface area (Å²) >= 11 is 13.6. The van der Waals surface area contributed by atoms with Crippen LogP contribution in [-0.4, -0.2) is 19.3 Å². The number of rotatable bonds is 4. The summed E-state index contributed by atoms with van der Waals surface area (Å²) in [5, 5.41) is -0.352. The molecule has 0 bridgehead atoms. The van der Waals surface area contributed by atoms with Gasteiger partial charge in [-0.1, -0.05) is 37.8 Å². The predicted octanol–water partition coefficient (Wildman–Crippen LogP) is 3.94. The lowest BCUT2D eigenvalue weighted by molar-refractivity contribution is -0.113. The Morgan fingerprint density at radius 3 is 2.36 bits per heavy atom. The summed E-state index contributed by atoms with van der Waals surface area (Å²) in [7, 11) is 0. The fourth-order valence-corrected chi connectivity index (χ4v) is 3.49. The Bertz CT molecular complexity index is 226. The molecule has 0 aromatic rings. The lowest BCUT2D eigenvalue weighted by Crippen LogP contribution is -2.24. The fraction of sp³-hybridized carbons (Fsp3) is 0.778. The van der Waals surface area contributed by atoms with Crippen LogP contribution in [0.1, 0.15) is 27.7 Å². The van der Waals surface area contributed by atoms with Gasteiger partial charge in [-0.05, 0) is 31.4 Å². The van der Waals surface area contributed by atoms with Crippen molar-refractivity contribution in [2.45, 2.75) is 32.4 Å². The van der Waals surface area contributed by atoms with E-state index in [1.54, 1.807) is 25.6 Å². The van der Waals surface area contributed by atoms with Gasteiger partial charge in [-0.3, -0.25) is 4.79 Å². The molecule has 0 unspecified atom stereocenters. The molecule has 0 aliphatic rings. The van der Waals surface area contributed by atoms with E-state index >= 15 is 0 Å². The lowest BCUT2D eigenvalue weighted by atomic mass is 10.2. The van der Waals surface area contributed by atoms with Crippen LogP contribution in [0.4, 0.5) is 0 Å². The largest absolute Gasteiger partial charge is 0.280 e. The molecule has 0 atom stereocenters. The summed E-state index contributed by atoms with van der Waals surface area (Å²) in [6.45, 7) is 7.85. The van der Waals surface area contributed by atoms with Crippen LogP contribution in [0.5, 0.6) is 0 Å². The molecule has 5 heteroatoms. The molecule has 0 N–H and O–H groups in total. The van der Waals surface area contributed by atoms with Crippen LogP contribution in [0.25, 0.3) is 0 Å². The minimum Gasteiger partial charge on any atom is -0.280 e. The van der Waals surface area contributed by atoms with Crippen LogP contribution in [0.3, 0.4) is 0 Å². The van der Waals surface area contributed by atoms with Gasteiger partial charge in [-0.25, -0.2) is 0 Å². The van der Waals surface area contributed by atoms with Gasteiger partial charge >= 0.3 is 0 Å². The number of carbonyl (C=O) groups is 1. The van der Waals surface area contributed by atoms with E-state index < -0.39 is 4.75 Å². The highest BCUT2D eigenvalue weighted by Crippen LogP contribution is 2.33. The zero-order valence-corrected chi connectivity index (χ0v) is 12.0. The summed E-state index contributed by atoms with van der Waals surface area (Å²) in [6.07, 6.45) is 0. The Morgan fingerprint density at radius 2 is 2.00 bits per heavy atom. The Labute approximate surface area is 105 Å². The molecule has 0 saturated carbocycles. The summed E-state index contributed by atoms with van der Waals surface area (Å²) in [5.74, 6) is 1.59. The van der Waals surface area contributed by atoms with E-state index in [0.717, 1.165) is 9.28 Å². The van der Waals surface area contributed by atoms with Gasteiger partial charge in [0, 0.05) is 5.75 Å². The Hall–Kier alpha value is 0.750. The highest BCUT2D eigenvalue weighted by Gasteiger charge is 2.28. The molecule has 0 aliphatic heterocycles. The third-order valence-corrected chi connectivity index (χ3v) is 5.07. The van der Waals surface area contributed by atoms with Gasteiger partial charge in [0.15, 0.2) is 0 Å². The molecular weight excluding hydrogens is 256 g/mol. The molecule has 0 aliphatic carbocycles. The molecule has 82 valence electrons. The molecule has 0 aromatic carbocycles. The second kappa shape index (κ2) is 6.36. The second-order valence-electron chi connectivity index (χ2n) is 3.84. The Balaban J connectivity index is 4.00. The average Bonchev–Trinajstić information content (AvgIpc) is 1.99. The molecule has 14 heavy (non-hydrogen) atoms. The number of thiocarbonyl (C=S) groups is 1. The van der Waals surface area contributed by atoms with Crippen molar-refractivity contribution < 1.29 is 4.79 Å². The van der Waals surface area contributed by atoms with Gasteiger partial charge in [-0.2, -0.15) is 0 Å². The maximum atomic E-state index is 11.0. The Kier molecular flexibility index (Phi) is 6.70. The standard InChI is InChI=1S/C9H15ClOS3/c1-6(2)5-13-8(12)14-9(3,4)7(10)11/h6H,5H2,1-4H3. The molecule has 0 saturated heterocycles. The van der Waals surface area contributed by atoms with Gasteiger partial charge < -0.3 is 0 Å². The monoisotopic (exact) mass is 270 g/mol. The molecule has 0 amide bonds. The van der Waals surface area contributed by atoms with Crippen LogP contribution in [-0.2, 0) is 4.79 Å². The molecule has 0 radical (unpaired) electrons. The van der Waals surface area contributed by atoms with Crippen LogP contribution < -0.4 is 0 Å². The van der Waals surface area contributed by atoms with E-state index in [2.05, 4.69) is 13.8 Å². The minimum absolute atomic E-state index is 0.352. The quantitative estimate of drug-likeness (QED) is 0.568. The molecule has 0 spiro atoms. The van der Waals surface area contributed by atoms with Crippen molar-refractivity contribution in [2.75, 3.05) is 5.75 Å². The van der Waals surface area contributed by atoms with Crippen LogP contribution in [0.2, 0.25) is 0 Å². The van der Waals surface area contributed by atoms with Crippen molar-refractivity contribution in [2.24, 2.45) is 5.92 Å². The predicted molar refractivity (Wildman–Crippen MR) is 72.4 cm³/mol. The van der Waals surface area contributed by atoms with Gasteiger partial charge in [-0.15, -0.1) is 11.8 Å². The minimum atomic E-state index is -0.609. The smallest absolute Gasteiger partial charge is 0.237 e. The van der Waals surface area contributed by atoms with E-state index in [0.29, 0.717) is 5.92 Å². The SMILES string of the molecule is CC(C)CSC(=S)SC(C)(C)C(=O)Cl. The van der Waals surface area contributed by atoms with Crippen molar-refractivity contribution in [3.05, 3.63) is 0 Å². The molecule has 0 rings (SSSR count). The highest BCUT2D eigenvalue weighted by atomic mass is 35.5. The first kappa shape index (κ1) is 14.8. The van der Waals surface area contributed by atoms with Gasteiger partial charge in [0.1, 0.15) is 3.53 Å². The van der Waals surface area contributed by atoms with Gasteiger partial charge in [0.05, 0.1) is 4.75 Å². The van der Waals surface area contributed by atoms with Crippen molar-refractivity contribution >= 4 is 56.1 Å². The number of carbonyl (C=O) groups excluding carboxylic acids is 1.